The first-order valence-corrected chi connectivity index (χ1v) is 14.0. The van der Waals surface area contributed by atoms with Gasteiger partial charge in [0.1, 0.15) is 0 Å². The number of nitrogens with one attached hydrogen (secondary N) is 2. The van der Waals surface area contributed by atoms with E-state index in [2.05, 4.69) is 15.6 Å². The molecule has 0 saturated carbocycles. The molecular weight excluding hydrogens is 520 g/mol. The Kier molecular flexibility index (Phi) is 10.2. The summed E-state index contributed by atoms with van der Waals surface area (Å²) in [6.45, 7) is 1.79. The van der Waals surface area contributed by atoms with Gasteiger partial charge in [0.15, 0.2) is 16.7 Å². The third-order valence-corrected chi connectivity index (χ3v) is 7.43. The smallest absolute Gasteiger partial charge is 0.262 e. The summed E-state index contributed by atoms with van der Waals surface area (Å²) in [6.07, 6.45) is 2.72. The first-order chi connectivity index (χ1) is 19.0. The number of carbonyl (C=O) groups is 2. The largest absolute Gasteiger partial charge is 0.493 e. The Balaban J connectivity index is 1.35. The summed E-state index contributed by atoms with van der Waals surface area (Å²) < 4.78 is 17.6. The van der Waals surface area contributed by atoms with Crippen molar-refractivity contribution in [1.82, 2.24) is 20.2 Å². The number of nitrogens with zero attached hydrogens (tertiary/aromatic N) is 2. The van der Waals surface area contributed by atoms with Crippen molar-refractivity contribution in [3.63, 3.8) is 0 Å². The van der Waals surface area contributed by atoms with Crippen LogP contribution in [0, 0.1) is 0 Å². The minimum Gasteiger partial charge on any atom is -0.493 e. The zero-order valence-corrected chi connectivity index (χ0v) is 23.1. The minimum atomic E-state index is -0.235. The van der Waals surface area contributed by atoms with Gasteiger partial charge in [0.25, 0.3) is 5.56 Å². The molecule has 1 fully saturated rings. The molecule has 2 aromatic carbocycles. The van der Waals surface area contributed by atoms with Gasteiger partial charge in [-0.1, -0.05) is 30.0 Å². The minimum absolute atomic E-state index is 0.0567. The Hall–Kier alpha value is -3.57. The standard InChI is InChI=1S/C28H34N4O6S/c1-36-23-10-9-19(16-24(23)37-2)11-13-29-25(33)12-14-32-27(35)21-7-3-4-8-22(21)31-28(32)39-18-26(34)30-17-20-6-5-15-38-20/h3-4,7-10,16,20H,5-6,11-15,17-18H2,1-2H3,(H,29,33)(H,30,34). The molecule has 1 unspecified atom stereocenters. The van der Waals surface area contributed by atoms with E-state index >= 15 is 0 Å². The molecule has 208 valence electrons. The zero-order valence-electron chi connectivity index (χ0n) is 22.2. The van der Waals surface area contributed by atoms with E-state index in [1.54, 1.807) is 32.4 Å². The number of methoxy groups -OCH3 is 2. The predicted octanol–water partition coefficient (Wildman–Crippen LogP) is 2.55. The van der Waals surface area contributed by atoms with Crippen LogP contribution in [0.1, 0.15) is 24.8 Å². The first-order valence-electron chi connectivity index (χ1n) is 13.0. The topological polar surface area (TPSA) is 121 Å². The van der Waals surface area contributed by atoms with Crippen LogP contribution in [0.25, 0.3) is 10.9 Å². The summed E-state index contributed by atoms with van der Waals surface area (Å²) in [5.41, 5.74) is 1.32. The van der Waals surface area contributed by atoms with Crippen LogP contribution in [-0.2, 0) is 27.3 Å². The molecule has 1 aliphatic heterocycles. The average molecular weight is 555 g/mol. The average Bonchev–Trinajstić information content (AvgIpc) is 3.48. The summed E-state index contributed by atoms with van der Waals surface area (Å²) in [7, 11) is 3.16. The van der Waals surface area contributed by atoms with Crippen molar-refractivity contribution in [3.8, 4) is 11.5 Å². The van der Waals surface area contributed by atoms with Crippen molar-refractivity contribution < 1.29 is 23.8 Å². The van der Waals surface area contributed by atoms with Crippen molar-refractivity contribution in [3.05, 3.63) is 58.4 Å². The Bertz CT molecular complexity index is 1360. The first kappa shape index (κ1) is 28.4. The van der Waals surface area contributed by atoms with Gasteiger partial charge in [-0.25, -0.2) is 4.98 Å². The fourth-order valence-corrected chi connectivity index (χ4v) is 5.21. The Morgan fingerprint density at radius 2 is 1.92 bits per heavy atom. The molecule has 1 saturated heterocycles. The van der Waals surface area contributed by atoms with Crippen LogP contribution >= 0.6 is 11.8 Å². The van der Waals surface area contributed by atoms with Gasteiger partial charge < -0.3 is 24.8 Å². The number of thioether (sulfide) groups is 1. The van der Waals surface area contributed by atoms with Crippen molar-refractivity contribution in [1.29, 1.82) is 0 Å². The van der Waals surface area contributed by atoms with E-state index in [9.17, 15) is 14.4 Å². The monoisotopic (exact) mass is 554 g/mol. The molecule has 0 bridgehead atoms. The van der Waals surface area contributed by atoms with E-state index in [4.69, 9.17) is 14.2 Å². The molecule has 0 spiro atoms. The van der Waals surface area contributed by atoms with Crippen molar-refractivity contribution >= 4 is 34.5 Å². The summed E-state index contributed by atoms with van der Waals surface area (Å²) in [4.78, 5) is 42.9. The second-order valence-corrected chi connectivity index (χ2v) is 10.1. The Labute approximate surface area is 231 Å². The van der Waals surface area contributed by atoms with E-state index in [0.717, 1.165) is 25.0 Å². The van der Waals surface area contributed by atoms with E-state index in [1.807, 2.05) is 24.3 Å². The molecule has 2 heterocycles. The predicted molar refractivity (Wildman–Crippen MR) is 150 cm³/mol. The number of ether oxygens (including phenoxy) is 3. The quantitative estimate of drug-likeness (QED) is 0.244. The molecule has 2 N–H and O–H groups in total. The highest BCUT2D eigenvalue weighted by Crippen LogP contribution is 2.27. The van der Waals surface area contributed by atoms with Crippen LogP contribution < -0.4 is 25.7 Å². The lowest BCUT2D eigenvalue weighted by atomic mass is 10.1. The maximum absolute atomic E-state index is 13.3. The van der Waals surface area contributed by atoms with Gasteiger partial charge in [-0.3, -0.25) is 19.0 Å². The lowest BCUT2D eigenvalue weighted by Gasteiger charge is -2.14. The molecule has 1 aliphatic rings. The van der Waals surface area contributed by atoms with E-state index in [1.165, 1.54) is 16.3 Å². The second kappa shape index (κ2) is 14.0. The molecule has 3 aromatic rings. The molecule has 1 aromatic heterocycles. The number of rotatable bonds is 13. The number of carbonyl (C=O) groups excluding carboxylic acids is 2. The van der Waals surface area contributed by atoms with E-state index in [-0.39, 0.29) is 42.2 Å². The number of benzene rings is 2. The maximum atomic E-state index is 13.3. The highest BCUT2D eigenvalue weighted by Gasteiger charge is 2.18. The summed E-state index contributed by atoms with van der Waals surface area (Å²) in [6, 6.07) is 12.7. The van der Waals surface area contributed by atoms with Crippen molar-refractivity contribution in [2.45, 2.75) is 43.5 Å². The van der Waals surface area contributed by atoms with Gasteiger partial charge in [-0.2, -0.15) is 0 Å². The molecule has 11 heteroatoms. The van der Waals surface area contributed by atoms with Gasteiger partial charge in [0.05, 0.1) is 37.0 Å². The highest BCUT2D eigenvalue weighted by molar-refractivity contribution is 7.99. The van der Waals surface area contributed by atoms with Crippen LogP contribution in [0.4, 0.5) is 0 Å². The number of hydrogen-bond donors (Lipinski definition) is 2. The molecule has 2 amide bonds. The number of para-hydroxylation sites is 1. The third-order valence-electron chi connectivity index (χ3n) is 6.46. The van der Waals surface area contributed by atoms with Gasteiger partial charge >= 0.3 is 0 Å². The molecule has 4 rings (SSSR count). The number of aromatic nitrogens is 2. The molecule has 39 heavy (non-hydrogen) atoms. The summed E-state index contributed by atoms with van der Waals surface area (Å²) in [5, 5.41) is 6.67. The summed E-state index contributed by atoms with van der Waals surface area (Å²) in [5.74, 6) is 1.05. The molecule has 0 aliphatic carbocycles. The summed E-state index contributed by atoms with van der Waals surface area (Å²) >= 11 is 1.19. The zero-order chi connectivity index (χ0) is 27.6. The van der Waals surface area contributed by atoms with Gasteiger partial charge in [0.2, 0.25) is 11.8 Å². The van der Waals surface area contributed by atoms with E-state index in [0.29, 0.717) is 47.1 Å². The van der Waals surface area contributed by atoms with Gasteiger partial charge in [-0.15, -0.1) is 0 Å². The van der Waals surface area contributed by atoms with Crippen LogP contribution in [0.2, 0.25) is 0 Å². The third kappa shape index (κ3) is 7.73. The molecule has 10 nitrogen and oxygen atoms in total. The number of fused-ring (bicyclic) bond motifs is 1. The van der Waals surface area contributed by atoms with Gasteiger partial charge in [-0.05, 0) is 49.1 Å². The fraction of sp³-hybridized carbons (Fsp3) is 0.429. The van der Waals surface area contributed by atoms with Crippen LogP contribution in [0.5, 0.6) is 11.5 Å². The number of amides is 2. The van der Waals surface area contributed by atoms with Crippen LogP contribution in [0.3, 0.4) is 0 Å². The SMILES string of the molecule is COc1ccc(CCNC(=O)CCn2c(SCC(=O)NCC3CCCO3)nc3ccccc3c2=O)cc1OC. The maximum Gasteiger partial charge on any atom is 0.262 e. The number of hydrogen-bond acceptors (Lipinski definition) is 8. The van der Waals surface area contributed by atoms with Crippen LogP contribution in [0.15, 0.2) is 52.4 Å². The van der Waals surface area contributed by atoms with Crippen LogP contribution in [-0.4, -0.2) is 67.1 Å². The fourth-order valence-electron chi connectivity index (χ4n) is 4.35. The van der Waals surface area contributed by atoms with Crippen molar-refractivity contribution in [2.24, 2.45) is 0 Å². The lowest BCUT2D eigenvalue weighted by Crippen LogP contribution is -2.33. The molecule has 1 atom stereocenters. The van der Waals surface area contributed by atoms with Gasteiger partial charge in [0, 0.05) is 32.7 Å². The lowest BCUT2D eigenvalue weighted by molar-refractivity contribution is -0.121. The van der Waals surface area contributed by atoms with Crippen molar-refractivity contribution in [2.75, 3.05) is 39.7 Å². The molecular formula is C28H34N4O6S. The highest BCUT2D eigenvalue weighted by atomic mass is 32.2. The Morgan fingerprint density at radius 1 is 1.10 bits per heavy atom. The Morgan fingerprint density at radius 3 is 2.69 bits per heavy atom. The normalized spacial score (nSPS) is 14.8. The molecule has 0 radical (unpaired) electrons. The second-order valence-electron chi connectivity index (χ2n) is 9.14. The van der Waals surface area contributed by atoms with E-state index < -0.39 is 0 Å².